The van der Waals surface area contributed by atoms with E-state index in [1.54, 1.807) is 0 Å². The van der Waals surface area contributed by atoms with Gasteiger partial charge in [0.25, 0.3) is 0 Å². The topological polar surface area (TPSA) is 44.6 Å². The third kappa shape index (κ3) is 6.38. The number of hydrogen-bond donors (Lipinski definition) is 2. The zero-order chi connectivity index (χ0) is 18.2. The molecule has 1 fully saturated rings. The number of hydrogen-bond acceptors (Lipinski definition) is 2. The molecule has 0 aliphatic carbocycles. The third-order valence-corrected chi connectivity index (χ3v) is 5.24. The summed E-state index contributed by atoms with van der Waals surface area (Å²) in [5.41, 5.74) is 1.31. The van der Waals surface area contributed by atoms with E-state index in [1.165, 1.54) is 43.4 Å². The van der Waals surface area contributed by atoms with Gasteiger partial charge >= 0.3 is 0 Å². The van der Waals surface area contributed by atoms with Crippen molar-refractivity contribution in [3.8, 4) is 0 Å². The van der Waals surface area contributed by atoms with Gasteiger partial charge in [-0.05, 0) is 55.8 Å². The van der Waals surface area contributed by atoms with Gasteiger partial charge in [0.1, 0.15) is 0 Å². The maximum Gasteiger partial charge on any atom is 0.190 e. The van der Waals surface area contributed by atoms with Gasteiger partial charge in [0.15, 0.2) is 5.96 Å². The fourth-order valence-corrected chi connectivity index (χ4v) is 3.85. The van der Waals surface area contributed by atoms with Crippen LogP contribution >= 0.6 is 24.0 Å². The largest absolute Gasteiger partial charge is 0.356 e. The molecule has 5 nitrogen and oxygen atoms in total. The average Bonchev–Trinajstić information content (AvgIpc) is 3.28. The number of nitrogens with one attached hydrogen (secondary N) is 2. The molecule has 1 aliphatic rings. The number of halogens is 1. The third-order valence-electron chi connectivity index (χ3n) is 5.24. The van der Waals surface area contributed by atoms with Crippen molar-refractivity contribution in [2.24, 2.45) is 10.9 Å². The lowest BCUT2D eigenvalue weighted by molar-refractivity contribution is 0.324. The Morgan fingerprint density at radius 1 is 1.19 bits per heavy atom. The van der Waals surface area contributed by atoms with Crippen molar-refractivity contribution in [3.05, 3.63) is 36.5 Å². The molecule has 1 aromatic heterocycles. The van der Waals surface area contributed by atoms with Gasteiger partial charge < -0.3 is 20.1 Å². The molecule has 2 aromatic rings. The summed E-state index contributed by atoms with van der Waals surface area (Å²) in [6.45, 7) is 8.92. The van der Waals surface area contributed by atoms with Gasteiger partial charge in [-0.1, -0.05) is 25.1 Å². The van der Waals surface area contributed by atoms with E-state index in [-0.39, 0.29) is 24.0 Å². The van der Waals surface area contributed by atoms with Crippen LogP contribution in [0.3, 0.4) is 0 Å². The molecule has 0 saturated carbocycles. The van der Waals surface area contributed by atoms with Crippen LogP contribution in [0.1, 0.15) is 26.2 Å². The van der Waals surface area contributed by atoms with Crippen molar-refractivity contribution >= 4 is 40.8 Å². The van der Waals surface area contributed by atoms with Gasteiger partial charge in [-0.25, -0.2) is 0 Å². The number of likely N-dealkylation sites (tertiary alicyclic amines) is 1. The summed E-state index contributed by atoms with van der Waals surface area (Å²) in [5, 5.41) is 8.27. The van der Waals surface area contributed by atoms with Gasteiger partial charge in [-0.15, -0.1) is 24.0 Å². The lowest BCUT2D eigenvalue weighted by Crippen LogP contribution is -2.40. The molecule has 1 aromatic carbocycles. The molecule has 0 spiro atoms. The summed E-state index contributed by atoms with van der Waals surface area (Å²) in [6, 6.07) is 10.7. The number of aromatic nitrogens is 1. The van der Waals surface area contributed by atoms with E-state index in [1.807, 2.05) is 7.05 Å². The predicted molar refractivity (Wildman–Crippen MR) is 126 cm³/mol. The summed E-state index contributed by atoms with van der Waals surface area (Å²) >= 11 is 0. The number of rotatable bonds is 8. The van der Waals surface area contributed by atoms with Crippen LogP contribution < -0.4 is 10.6 Å². The molecule has 2 N–H and O–H groups in total. The zero-order valence-electron chi connectivity index (χ0n) is 16.7. The molecule has 0 amide bonds. The molecule has 27 heavy (non-hydrogen) atoms. The SMILES string of the molecule is CCCN1CCC(CNC(=NC)NCCCn2ccc3ccccc32)C1.I. The van der Waals surface area contributed by atoms with E-state index in [9.17, 15) is 0 Å². The highest BCUT2D eigenvalue weighted by Gasteiger charge is 2.21. The number of benzene rings is 1. The molecule has 0 radical (unpaired) electrons. The first-order valence-corrected chi connectivity index (χ1v) is 10.0. The fraction of sp³-hybridized carbons (Fsp3) is 0.571. The summed E-state index contributed by atoms with van der Waals surface area (Å²) in [6.07, 6.45) is 5.80. The second kappa shape index (κ2) is 11.5. The Labute approximate surface area is 180 Å². The van der Waals surface area contributed by atoms with Crippen molar-refractivity contribution in [3.63, 3.8) is 0 Å². The summed E-state index contributed by atoms with van der Waals surface area (Å²) in [7, 11) is 1.85. The molecule has 2 heterocycles. The molecular weight excluding hydrogens is 449 g/mol. The predicted octanol–water partition coefficient (Wildman–Crippen LogP) is 3.55. The summed E-state index contributed by atoms with van der Waals surface area (Å²) < 4.78 is 2.33. The first-order chi connectivity index (χ1) is 12.8. The number of aliphatic imine (C=N–C) groups is 1. The van der Waals surface area contributed by atoms with Crippen LogP contribution in [0.15, 0.2) is 41.5 Å². The Kier molecular flexibility index (Phi) is 9.41. The Morgan fingerprint density at radius 3 is 2.85 bits per heavy atom. The minimum absolute atomic E-state index is 0. The van der Waals surface area contributed by atoms with Crippen LogP contribution in [0.25, 0.3) is 10.9 Å². The number of fused-ring (bicyclic) bond motifs is 1. The Balaban J connectivity index is 0.00000261. The van der Waals surface area contributed by atoms with Crippen molar-refractivity contribution in [2.75, 3.05) is 39.8 Å². The summed E-state index contributed by atoms with van der Waals surface area (Å²) in [4.78, 5) is 6.94. The average molecular weight is 483 g/mol. The molecule has 0 bridgehead atoms. The Morgan fingerprint density at radius 2 is 2.04 bits per heavy atom. The number of nitrogens with zero attached hydrogens (tertiary/aromatic N) is 3. The minimum atomic E-state index is 0. The standard InChI is InChI=1S/C21H33N5.HI/c1-3-12-25-14-9-18(17-25)16-24-21(22-2)23-11-6-13-26-15-10-19-7-4-5-8-20(19)26;/h4-5,7-8,10,15,18H,3,6,9,11-14,16-17H2,1-2H3,(H2,22,23,24);1H. The normalized spacial score (nSPS) is 17.9. The van der Waals surface area contributed by atoms with E-state index < -0.39 is 0 Å². The lowest BCUT2D eigenvalue weighted by Gasteiger charge is -2.17. The number of para-hydroxylation sites is 1. The lowest BCUT2D eigenvalue weighted by atomic mass is 10.1. The smallest absolute Gasteiger partial charge is 0.190 e. The molecule has 150 valence electrons. The molecule has 1 unspecified atom stereocenters. The first-order valence-electron chi connectivity index (χ1n) is 10.0. The monoisotopic (exact) mass is 483 g/mol. The number of aryl methyl sites for hydroxylation is 1. The fourth-order valence-electron chi connectivity index (χ4n) is 3.85. The van der Waals surface area contributed by atoms with Crippen molar-refractivity contribution in [1.29, 1.82) is 0 Å². The van der Waals surface area contributed by atoms with Crippen molar-refractivity contribution in [2.45, 2.75) is 32.7 Å². The molecule has 1 atom stereocenters. The van der Waals surface area contributed by atoms with E-state index in [2.05, 4.69) is 68.5 Å². The van der Waals surface area contributed by atoms with E-state index in [0.717, 1.165) is 37.9 Å². The van der Waals surface area contributed by atoms with E-state index in [0.29, 0.717) is 0 Å². The zero-order valence-corrected chi connectivity index (χ0v) is 19.0. The van der Waals surface area contributed by atoms with Gasteiger partial charge in [0.2, 0.25) is 0 Å². The highest BCUT2D eigenvalue weighted by atomic mass is 127. The molecule has 3 rings (SSSR count). The van der Waals surface area contributed by atoms with Gasteiger partial charge in [-0.3, -0.25) is 4.99 Å². The van der Waals surface area contributed by atoms with Crippen LogP contribution in [0.2, 0.25) is 0 Å². The molecule has 6 heteroatoms. The van der Waals surface area contributed by atoms with Crippen molar-refractivity contribution < 1.29 is 0 Å². The maximum absolute atomic E-state index is 4.36. The van der Waals surface area contributed by atoms with Gasteiger partial charge in [-0.2, -0.15) is 0 Å². The van der Waals surface area contributed by atoms with Crippen molar-refractivity contribution in [1.82, 2.24) is 20.1 Å². The minimum Gasteiger partial charge on any atom is -0.356 e. The highest BCUT2D eigenvalue weighted by molar-refractivity contribution is 14.0. The molecule has 1 saturated heterocycles. The first kappa shape index (κ1) is 22.0. The molecule has 1 aliphatic heterocycles. The summed E-state index contributed by atoms with van der Waals surface area (Å²) in [5.74, 6) is 1.67. The Bertz CT molecular complexity index is 711. The van der Waals surface area contributed by atoms with Crippen LogP contribution in [0.5, 0.6) is 0 Å². The van der Waals surface area contributed by atoms with E-state index in [4.69, 9.17) is 0 Å². The molecular formula is C21H34IN5. The Hall–Kier alpha value is -1.28. The van der Waals surface area contributed by atoms with Crippen LogP contribution in [0, 0.1) is 5.92 Å². The second-order valence-electron chi connectivity index (χ2n) is 7.26. The van der Waals surface area contributed by atoms with E-state index >= 15 is 0 Å². The van der Waals surface area contributed by atoms with Crippen LogP contribution in [-0.2, 0) is 6.54 Å². The van der Waals surface area contributed by atoms with Gasteiger partial charge in [0, 0.05) is 44.9 Å². The second-order valence-corrected chi connectivity index (χ2v) is 7.26. The quantitative estimate of drug-likeness (QED) is 0.261. The maximum atomic E-state index is 4.36. The van der Waals surface area contributed by atoms with Gasteiger partial charge in [0.05, 0.1) is 0 Å². The number of guanidine groups is 1. The highest BCUT2D eigenvalue weighted by Crippen LogP contribution is 2.16. The van der Waals surface area contributed by atoms with Crippen LogP contribution in [-0.4, -0.2) is 55.2 Å². The van der Waals surface area contributed by atoms with Crippen LogP contribution in [0.4, 0.5) is 0 Å².